The van der Waals surface area contributed by atoms with Gasteiger partial charge in [-0.25, -0.2) is 0 Å². The second-order valence-electron chi connectivity index (χ2n) is 7.28. The predicted octanol–water partition coefficient (Wildman–Crippen LogP) is 0.562. The highest BCUT2D eigenvalue weighted by Crippen LogP contribution is 2.28. The molecule has 0 spiro atoms. The van der Waals surface area contributed by atoms with Crippen molar-refractivity contribution < 1.29 is 52.6 Å². The monoisotopic (exact) mass is 501 g/mol. The van der Waals surface area contributed by atoms with Crippen LogP contribution in [-0.2, 0) is 47.7 Å². The van der Waals surface area contributed by atoms with E-state index < -0.39 is 78.2 Å². The molecule has 0 saturated carbocycles. The molecule has 194 valence electrons. The molecule has 0 saturated heterocycles. The Kier molecular flexibility index (Phi) is 10.8. The van der Waals surface area contributed by atoms with Crippen molar-refractivity contribution in [1.82, 2.24) is 9.55 Å². The number of rotatable bonds is 12. The van der Waals surface area contributed by atoms with E-state index in [4.69, 9.17) is 23.7 Å². The minimum absolute atomic E-state index is 0.0663. The maximum Gasteiger partial charge on any atom is 0.381 e. The fourth-order valence-corrected chi connectivity index (χ4v) is 3.14. The number of imidazole rings is 1. The summed E-state index contributed by atoms with van der Waals surface area (Å²) in [6, 6.07) is -1.25. The van der Waals surface area contributed by atoms with Crippen LogP contribution in [0.25, 0.3) is 0 Å². The van der Waals surface area contributed by atoms with Crippen molar-refractivity contribution >= 4 is 35.7 Å². The van der Waals surface area contributed by atoms with Gasteiger partial charge in [-0.3, -0.25) is 28.5 Å². The first-order valence-electron chi connectivity index (χ1n) is 10.2. The lowest BCUT2D eigenvalue weighted by molar-refractivity contribution is -0.389. The van der Waals surface area contributed by atoms with Crippen LogP contribution in [0.2, 0.25) is 0 Å². The van der Waals surface area contributed by atoms with Crippen molar-refractivity contribution in [1.29, 1.82) is 0 Å². The zero-order valence-corrected chi connectivity index (χ0v) is 20.0. The largest absolute Gasteiger partial charge is 0.464 e. The molecule has 0 bridgehead atoms. The summed E-state index contributed by atoms with van der Waals surface area (Å²) in [5, 5.41) is 11.2. The number of hydrogen-bond donors (Lipinski definition) is 0. The lowest BCUT2D eigenvalue weighted by Gasteiger charge is -2.36. The molecule has 35 heavy (non-hydrogen) atoms. The molecule has 0 aliphatic carbocycles. The van der Waals surface area contributed by atoms with Gasteiger partial charge in [0.15, 0.2) is 18.3 Å². The van der Waals surface area contributed by atoms with Crippen LogP contribution in [0.4, 0.5) is 5.82 Å². The molecule has 4 atom stereocenters. The summed E-state index contributed by atoms with van der Waals surface area (Å²) in [7, 11) is 0. The number of esters is 5. The fraction of sp³-hybridized carbons (Fsp3) is 0.600. The summed E-state index contributed by atoms with van der Waals surface area (Å²) in [6.45, 7) is 5.61. The molecule has 0 aliphatic heterocycles. The van der Waals surface area contributed by atoms with Gasteiger partial charge in [-0.1, -0.05) is 0 Å². The maximum atomic E-state index is 12.0. The van der Waals surface area contributed by atoms with Crippen molar-refractivity contribution in [2.75, 3.05) is 13.2 Å². The van der Waals surface area contributed by atoms with E-state index >= 15 is 0 Å². The van der Waals surface area contributed by atoms with Crippen LogP contribution in [0, 0.1) is 17.0 Å². The number of carbonyl (C=O) groups is 5. The second-order valence-corrected chi connectivity index (χ2v) is 7.28. The van der Waals surface area contributed by atoms with Crippen LogP contribution in [0.15, 0.2) is 6.20 Å². The molecule has 0 amide bonds. The van der Waals surface area contributed by atoms with Crippen molar-refractivity contribution in [3.05, 3.63) is 22.1 Å². The normalized spacial score (nSPS) is 14.0. The molecule has 15 nitrogen and oxygen atoms in total. The third-order valence-electron chi connectivity index (χ3n) is 4.35. The van der Waals surface area contributed by atoms with Crippen LogP contribution >= 0.6 is 0 Å². The molecular formula is C20H27N3O12. The van der Waals surface area contributed by atoms with Gasteiger partial charge < -0.3 is 33.8 Å². The Morgan fingerprint density at radius 2 is 1.34 bits per heavy atom. The van der Waals surface area contributed by atoms with E-state index in [0.29, 0.717) is 0 Å². The quantitative estimate of drug-likeness (QED) is 0.167. The number of nitrogens with zero attached hydrogens (tertiary/aromatic N) is 3. The second kappa shape index (κ2) is 13.0. The van der Waals surface area contributed by atoms with Gasteiger partial charge in [0, 0.05) is 41.5 Å². The van der Waals surface area contributed by atoms with Crippen molar-refractivity contribution in [3.8, 4) is 0 Å². The smallest absolute Gasteiger partial charge is 0.381 e. The van der Waals surface area contributed by atoms with E-state index in [1.807, 2.05) is 0 Å². The zero-order chi connectivity index (χ0) is 26.9. The summed E-state index contributed by atoms with van der Waals surface area (Å²) in [6.07, 6.45) is -3.61. The standard InChI is InChI=1S/C20H27N3O12/c1-10-21-18(23(29)30)7-22(10)16(8-31-11(2)24)19(34-14(5)27)20(35-15(6)28)17(33-13(4)26)9-32-12(3)25/h7,16-17,19-20H,8-9H2,1-6H3/t16-,17+,19+,20-/m0/s1. The van der Waals surface area contributed by atoms with Gasteiger partial charge in [-0.05, 0) is 9.91 Å². The summed E-state index contributed by atoms with van der Waals surface area (Å²) in [5.41, 5.74) is 0. The van der Waals surface area contributed by atoms with Crippen LogP contribution in [0.5, 0.6) is 0 Å². The molecule has 1 aromatic heterocycles. The molecule has 1 heterocycles. The van der Waals surface area contributed by atoms with E-state index in [2.05, 4.69) is 4.98 Å². The Labute approximate surface area is 199 Å². The average Bonchev–Trinajstić information content (AvgIpc) is 3.09. The van der Waals surface area contributed by atoms with Crippen molar-refractivity contribution in [2.45, 2.75) is 65.9 Å². The minimum Gasteiger partial charge on any atom is -0.464 e. The van der Waals surface area contributed by atoms with Crippen LogP contribution in [0.3, 0.4) is 0 Å². The summed E-state index contributed by atoms with van der Waals surface area (Å²) in [5.74, 6) is -4.57. The Bertz CT molecular complexity index is 973. The van der Waals surface area contributed by atoms with Gasteiger partial charge in [0.05, 0.1) is 0 Å². The van der Waals surface area contributed by atoms with Crippen molar-refractivity contribution in [3.63, 3.8) is 0 Å². The fourth-order valence-electron chi connectivity index (χ4n) is 3.14. The number of ether oxygens (including phenoxy) is 5. The van der Waals surface area contributed by atoms with Crippen molar-refractivity contribution in [2.24, 2.45) is 0 Å². The minimum atomic E-state index is -1.60. The average molecular weight is 501 g/mol. The first-order chi connectivity index (χ1) is 16.2. The number of aromatic nitrogens is 2. The third kappa shape index (κ3) is 9.38. The highest BCUT2D eigenvalue weighted by Gasteiger charge is 2.44. The number of hydrogen-bond acceptors (Lipinski definition) is 13. The first-order valence-corrected chi connectivity index (χ1v) is 10.2. The van der Waals surface area contributed by atoms with Gasteiger partial charge >= 0.3 is 35.7 Å². The number of carbonyl (C=O) groups excluding carboxylic acids is 5. The molecular weight excluding hydrogens is 474 g/mol. The van der Waals surface area contributed by atoms with Crippen LogP contribution in [0.1, 0.15) is 46.5 Å². The Morgan fingerprint density at radius 3 is 1.77 bits per heavy atom. The topological polar surface area (TPSA) is 192 Å². The molecule has 0 aliphatic rings. The highest BCUT2D eigenvalue weighted by molar-refractivity contribution is 5.69. The molecule has 0 unspecified atom stereocenters. The SMILES string of the molecule is CC(=O)OC[C@@H](OC(C)=O)[C@H](OC(C)=O)[C@H](OC(C)=O)[C@H](COC(C)=O)n1cc([N+](=O)[O-])nc1C. The molecule has 0 fully saturated rings. The Balaban J connectivity index is 3.71. The van der Waals surface area contributed by atoms with E-state index in [-0.39, 0.29) is 5.82 Å². The molecule has 0 aromatic carbocycles. The lowest BCUT2D eigenvalue weighted by Crippen LogP contribution is -2.51. The van der Waals surface area contributed by atoms with Gasteiger partial charge in [0.25, 0.3) is 0 Å². The van der Waals surface area contributed by atoms with E-state index in [9.17, 15) is 34.1 Å². The van der Waals surface area contributed by atoms with Gasteiger partial charge in [0.1, 0.15) is 25.5 Å². The predicted molar refractivity (Wildman–Crippen MR) is 113 cm³/mol. The van der Waals surface area contributed by atoms with E-state index in [1.54, 1.807) is 0 Å². The first kappa shape index (κ1) is 29.0. The Morgan fingerprint density at radius 1 is 0.857 bits per heavy atom. The molecule has 15 heteroatoms. The summed E-state index contributed by atoms with van der Waals surface area (Å²) < 4.78 is 27.1. The van der Waals surface area contributed by atoms with Crippen LogP contribution in [-0.4, -0.2) is 75.8 Å². The molecule has 0 N–H and O–H groups in total. The van der Waals surface area contributed by atoms with Crippen LogP contribution < -0.4 is 0 Å². The summed E-state index contributed by atoms with van der Waals surface area (Å²) >= 11 is 0. The lowest BCUT2D eigenvalue weighted by atomic mass is 10.00. The van der Waals surface area contributed by atoms with Gasteiger partial charge in [0.2, 0.25) is 5.82 Å². The maximum absolute atomic E-state index is 12.0. The number of nitro groups is 1. The van der Waals surface area contributed by atoms with Gasteiger partial charge in [-0.2, -0.15) is 0 Å². The van der Waals surface area contributed by atoms with Gasteiger partial charge in [-0.15, -0.1) is 0 Å². The zero-order valence-electron chi connectivity index (χ0n) is 20.0. The molecule has 1 aromatic rings. The molecule has 1 rings (SSSR count). The van der Waals surface area contributed by atoms with E-state index in [0.717, 1.165) is 40.8 Å². The third-order valence-corrected chi connectivity index (χ3v) is 4.35. The number of aryl methyl sites for hydroxylation is 1. The Hall–Kier alpha value is -4.04. The highest BCUT2D eigenvalue weighted by atomic mass is 16.6. The summed E-state index contributed by atoms with van der Waals surface area (Å²) in [4.78, 5) is 73.0. The molecule has 0 radical (unpaired) electrons. The van der Waals surface area contributed by atoms with E-state index in [1.165, 1.54) is 11.5 Å².